The quantitative estimate of drug-likeness (QED) is 0.314. The smallest absolute Gasteiger partial charge is 0.277 e. The molecule has 1 N–H and O–H groups in total. The van der Waals surface area contributed by atoms with Crippen LogP contribution in [-0.4, -0.2) is 20.9 Å². The van der Waals surface area contributed by atoms with Gasteiger partial charge in [-0.1, -0.05) is 52.9 Å². The predicted octanol–water partition coefficient (Wildman–Crippen LogP) is 5.73. The summed E-state index contributed by atoms with van der Waals surface area (Å²) in [4.78, 5) is 25.5. The molecule has 0 fully saturated rings. The van der Waals surface area contributed by atoms with Gasteiger partial charge in [0, 0.05) is 5.75 Å². The van der Waals surface area contributed by atoms with E-state index < -0.39 is 5.91 Å². The van der Waals surface area contributed by atoms with E-state index >= 15 is 0 Å². The van der Waals surface area contributed by atoms with E-state index in [1.807, 2.05) is 25.1 Å². The molecular weight excluding hydrogens is 431 g/mol. The molecule has 0 bridgehead atoms. The van der Waals surface area contributed by atoms with Crippen LogP contribution in [0.15, 0.2) is 53.8 Å². The van der Waals surface area contributed by atoms with Crippen molar-refractivity contribution in [2.45, 2.75) is 17.8 Å². The fourth-order valence-corrected chi connectivity index (χ4v) is 4.46. The number of anilines is 1. The summed E-state index contributed by atoms with van der Waals surface area (Å²) in [6.45, 7) is 2.00. The molecule has 0 aliphatic rings. The molecule has 0 spiro atoms. The van der Waals surface area contributed by atoms with Crippen LogP contribution in [0.2, 0.25) is 5.02 Å². The highest BCUT2D eigenvalue weighted by Crippen LogP contribution is 2.28. The largest absolute Gasteiger partial charge is 0.296 e. The van der Waals surface area contributed by atoms with Gasteiger partial charge >= 0.3 is 0 Å². The molecule has 146 valence electrons. The van der Waals surface area contributed by atoms with Gasteiger partial charge in [-0.3, -0.25) is 10.1 Å². The normalized spacial score (nSPS) is 11.0. The Hall–Kier alpha value is -2.55. The summed E-state index contributed by atoms with van der Waals surface area (Å²) in [5, 5.41) is 3.80. The van der Waals surface area contributed by atoms with Crippen LogP contribution in [0.1, 0.15) is 21.6 Å². The molecule has 2 aromatic carbocycles. The Bertz CT molecular complexity index is 1200. The van der Waals surface area contributed by atoms with E-state index in [0.717, 1.165) is 21.3 Å². The third-order valence-corrected chi connectivity index (χ3v) is 6.13. The average Bonchev–Trinajstić information content (AvgIpc) is 3.09. The van der Waals surface area contributed by atoms with Crippen LogP contribution in [0, 0.1) is 12.7 Å². The van der Waals surface area contributed by atoms with Gasteiger partial charge in [-0.2, -0.15) is 0 Å². The minimum atomic E-state index is -0.447. The highest BCUT2D eigenvalue weighted by atomic mass is 35.5. The third-order valence-electron chi connectivity index (χ3n) is 3.98. The Labute approximate surface area is 179 Å². The van der Waals surface area contributed by atoms with E-state index in [1.165, 1.54) is 41.4 Å². The zero-order valence-corrected chi connectivity index (χ0v) is 17.5. The summed E-state index contributed by atoms with van der Waals surface area (Å²) in [6.07, 6.45) is 1.40. The minimum absolute atomic E-state index is 0.0821. The molecule has 5 nitrogen and oxygen atoms in total. The fraction of sp³-hybridized carbons (Fsp3) is 0.100. The molecule has 1 amide bonds. The number of hydrogen-bond donors (Lipinski definition) is 1. The SMILES string of the molecule is Cc1ccc2nc(NC(=O)c3nc(SCc4ccc(F)cc4)ncc3Cl)sc2c1. The molecule has 0 unspecified atom stereocenters. The van der Waals surface area contributed by atoms with Crippen LogP contribution in [0.3, 0.4) is 0 Å². The first-order valence-corrected chi connectivity index (χ1v) is 10.7. The number of nitrogens with one attached hydrogen (secondary N) is 1. The van der Waals surface area contributed by atoms with Crippen molar-refractivity contribution in [3.05, 3.63) is 76.3 Å². The van der Waals surface area contributed by atoms with Crippen LogP contribution in [0.5, 0.6) is 0 Å². The van der Waals surface area contributed by atoms with Crippen molar-refractivity contribution in [3.8, 4) is 0 Å². The highest BCUT2D eigenvalue weighted by molar-refractivity contribution is 7.98. The summed E-state index contributed by atoms with van der Waals surface area (Å²) < 4.78 is 14.0. The number of amides is 1. The second-order valence-corrected chi connectivity index (χ2v) is 8.59. The highest BCUT2D eigenvalue weighted by Gasteiger charge is 2.17. The van der Waals surface area contributed by atoms with Crippen LogP contribution in [0.4, 0.5) is 9.52 Å². The minimum Gasteiger partial charge on any atom is -0.296 e. The number of carbonyl (C=O) groups excluding carboxylic acids is 1. The van der Waals surface area contributed by atoms with Gasteiger partial charge in [0.05, 0.1) is 21.4 Å². The number of nitrogens with zero attached hydrogens (tertiary/aromatic N) is 3. The average molecular weight is 445 g/mol. The molecule has 0 saturated heterocycles. The first-order chi connectivity index (χ1) is 14.0. The van der Waals surface area contributed by atoms with Crippen molar-refractivity contribution >= 4 is 56.0 Å². The fourth-order valence-electron chi connectivity index (χ4n) is 2.55. The van der Waals surface area contributed by atoms with Crippen LogP contribution < -0.4 is 5.32 Å². The Kier molecular flexibility index (Phi) is 5.75. The Morgan fingerprint density at radius 3 is 2.79 bits per heavy atom. The van der Waals surface area contributed by atoms with Gasteiger partial charge in [-0.15, -0.1) is 0 Å². The van der Waals surface area contributed by atoms with E-state index in [-0.39, 0.29) is 16.5 Å². The van der Waals surface area contributed by atoms with Crippen molar-refractivity contribution in [1.29, 1.82) is 0 Å². The van der Waals surface area contributed by atoms with Crippen LogP contribution in [-0.2, 0) is 5.75 Å². The van der Waals surface area contributed by atoms with Gasteiger partial charge in [-0.25, -0.2) is 19.3 Å². The molecule has 2 aromatic heterocycles. The molecule has 0 aliphatic heterocycles. The first kappa shape index (κ1) is 19.8. The summed E-state index contributed by atoms with van der Waals surface area (Å²) in [5.41, 5.74) is 2.95. The van der Waals surface area contributed by atoms with Crippen molar-refractivity contribution < 1.29 is 9.18 Å². The standard InChI is InChI=1S/C20H14ClFN4OS2/c1-11-2-7-15-16(8-11)29-20(24-15)26-18(27)17-14(21)9-23-19(25-17)28-10-12-3-5-13(22)6-4-12/h2-9H,10H2,1H3,(H,24,26,27). The van der Waals surface area contributed by atoms with Gasteiger partial charge in [-0.05, 0) is 42.3 Å². The maximum Gasteiger partial charge on any atom is 0.277 e. The second kappa shape index (κ2) is 8.44. The molecule has 9 heteroatoms. The number of aryl methyl sites for hydroxylation is 1. The van der Waals surface area contributed by atoms with E-state index in [4.69, 9.17) is 11.6 Å². The molecule has 0 radical (unpaired) electrons. The summed E-state index contributed by atoms with van der Waals surface area (Å²) >= 11 is 8.86. The van der Waals surface area contributed by atoms with E-state index in [2.05, 4.69) is 20.3 Å². The number of halogens is 2. The third kappa shape index (κ3) is 4.72. The molecule has 4 aromatic rings. The molecule has 0 saturated carbocycles. The Morgan fingerprint density at radius 1 is 1.21 bits per heavy atom. The maximum atomic E-state index is 13.0. The molecule has 29 heavy (non-hydrogen) atoms. The molecule has 4 rings (SSSR count). The van der Waals surface area contributed by atoms with E-state index in [9.17, 15) is 9.18 Å². The number of benzene rings is 2. The van der Waals surface area contributed by atoms with Crippen molar-refractivity contribution in [3.63, 3.8) is 0 Å². The number of rotatable bonds is 5. The van der Waals surface area contributed by atoms with Crippen molar-refractivity contribution in [1.82, 2.24) is 15.0 Å². The molecular formula is C20H14ClFN4OS2. The topological polar surface area (TPSA) is 67.8 Å². The lowest BCUT2D eigenvalue weighted by Gasteiger charge is -2.06. The van der Waals surface area contributed by atoms with E-state index in [1.54, 1.807) is 12.1 Å². The predicted molar refractivity (Wildman–Crippen MR) is 115 cm³/mol. The number of aromatic nitrogens is 3. The van der Waals surface area contributed by atoms with E-state index in [0.29, 0.717) is 16.0 Å². The van der Waals surface area contributed by atoms with Gasteiger partial charge in [0.1, 0.15) is 5.82 Å². The Balaban J connectivity index is 1.49. The zero-order chi connectivity index (χ0) is 20.4. The molecule has 0 aliphatic carbocycles. The van der Waals surface area contributed by atoms with Crippen molar-refractivity contribution in [2.75, 3.05) is 5.32 Å². The van der Waals surface area contributed by atoms with Gasteiger partial charge in [0.25, 0.3) is 5.91 Å². The van der Waals surface area contributed by atoms with Crippen LogP contribution in [0.25, 0.3) is 10.2 Å². The first-order valence-electron chi connectivity index (χ1n) is 8.56. The Morgan fingerprint density at radius 2 is 2.00 bits per heavy atom. The lowest BCUT2D eigenvalue weighted by molar-refractivity contribution is 0.102. The van der Waals surface area contributed by atoms with Gasteiger partial charge < -0.3 is 0 Å². The van der Waals surface area contributed by atoms with Gasteiger partial charge in [0.2, 0.25) is 0 Å². The van der Waals surface area contributed by atoms with Crippen molar-refractivity contribution in [2.24, 2.45) is 0 Å². The number of carbonyl (C=O) groups is 1. The molecule has 0 atom stereocenters. The number of thioether (sulfide) groups is 1. The lowest BCUT2D eigenvalue weighted by Crippen LogP contribution is -2.15. The molecule has 2 heterocycles. The second-order valence-electron chi connectivity index (χ2n) is 6.21. The maximum absolute atomic E-state index is 13.0. The summed E-state index contributed by atoms with van der Waals surface area (Å²) in [5.74, 6) is -0.192. The lowest BCUT2D eigenvalue weighted by atomic mass is 10.2. The van der Waals surface area contributed by atoms with Gasteiger partial charge in [0.15, 0.2) is 16.0 Å². The number of thiazole rings is 1. The summed E-state index contributed by atoms with van der Waals surface area (Å²) in [7, 11) is 0. The van der Waals surface area contributed by atoms with Crippen LogP contribution >= 0.6 is 34.7 Å². The zero-order valence-electron chi connectivity index (χ0n) is 15.1. The summed E-state index contributed by atoms with van der Waals surface area (Å²) in [6, 6.07) is 12.1. The number of fused-ring (bicyclic) bond motifs is 1. The monoisotopic (exact) mass is 444 g/mol. The number of hydrogen-bond acceptors (Lipinski definition) is 6.